The number of fused-ring (bicyclic) bond motifs is 2. The second-order valence-electron chi connectivity index (χ2n) is 11.1. The number of halogens is 1. The monoisotopic (exact) mass is 582 g/mol. The maximum Gasteiger partial charge on any atom is 0.352 e. The first-order valence-electron chi connectivity index (χ1n) is 13.9. The van der Waals surface area contributed by atoms with E-state index >= 15 is 0 Å². The maximum absolute atomic E-state index is 14.7. The summed E-state index contributed by atoms with van der Waals surface area (Å²) in [5, 5.41) is 15.0. The van der Waals surface area contributed by atoms with Crippen molar-refractivity contribution in [3.8, 4) is 22.4 Å². The smallest absolute Gasteiger partial charge is 0.352 e. The van der Waals surface area contributed by atoms with Crippen LogP contribution in [0.2, 0.25) is 0 Å². The van der Waals surface area contributed by atoms with E-state index in [1.165, 1.54) is 12.1 Å². The predicted octanol–water partition coefficient (Wildman–Crippen LogP) is 8.02. The number of aromatic nitrogens is 4. The average Bonchev–Trinajstić information content (AvgIpc) is 3.72. The first kappa shape index (κ1) is 27.7. The Morgan fingerprint density at radius 1 is 1.10 bits per heavy atom. The number of thiazole rings is 1. The summed E-state index contributed by atoms with van der Waals surface area (Å²) in [6.07, 6.45) is 4.64. The molecule has 0 atom stereocenters. The van der Waals surface area contributed by atoms with Crippen molar-refractivity contribution in [1.29, 1.82) is 0 Å². The van der Waals surface area contributed by atoms with E-state index in [9.17, 15) is 19.1 Å². The van der Waals surface area contributed by atoms with Crippen molar-refractivity contribution >= 4 is 44.9 Å². The van der Waals surface area contributed by atoms with Gasteiger partial charge in [-0.05, 0) is 66.8 Å². The zero-order chi connectivity index (χ0) is 29.7. The molecule has 4 aromatic heterocycles. The Hall–Kier alpha value is -4.50. The Morgan fingerprint density at radius 3 is 2.62 bits per heavy atom. The molecule has 7 nitrogen and oxygen atoms in total. The molecule has 0 spiro atoms. The largest absolute Gasteiger partial charge is 0.477 e. The molecule has 42 heavy (non-hydrogen) atoms. The number of rotatable bonds is 9. The van der Waals surface area contributed by atoms with Crippen LogP contribution in [0.5, 0.6) is 0 Å². The van der Waals surface area contributed by atoms with Crippen LogP contribution in [0.15, 0.2) is 54.2 Å². The first-order valence-corrected chi connectivity index (χ1v) is 14.8. The van der Waals surface area contributed by atoms with Crippen LogP contribution in [-0.2, 0) is 17.8 Å². The SMILES string of the molecule is Cc1cc(-c2c(C(=O)O)[nH]c(-c3cc(F)cc4[nH]ccc34)c2C(C)C)c2ccn(CC(=O)CCc3nc(C)cs3)c2c1. The number of hydrogen-bond acceptors (Lipinski definition) is 4. The van der Waals surface area contributed by atoms with E-state index in [4.69, 9.17) is 0 Å². The number of aromatic amines is 2. The van der Waals surface area contributed by atoms with Crippen molar-refractivity contribution in [2.24, 2.45) is 0 Å². The van der Waals surface area contributed by atoms with E-state index in [1.54, 1.807) is 17.5 Å². The minimum atomic E-state index is -1.10. The summed E-state index contributed by atoms with van der Waals surface area (Å²) < 4.78 is 16.6. The Balaban J connectivity index is 1.47. The Morgan fingerprint density at radius 2 is 1.90 bits per heavy atom. The number of carbonyl (C=O) groups excluding carboxylic acids is 1. The molecule has 3 N–H and O–H groups in total. The molecule has 0 amide bonds. The van der Waals surface area contributed by atoms with E-state index < -0.39 is 11.8 Å². The molecule has 0 aliphatic rings. The molecule has 0 bridgehead atoms. The molecule has 0 aliphatic heterocycles. The predicted molar refractivity (Wildman–Crippen MR) is 165 cm³/mol. The highest BCUT2D eigenvalue weighted by Crippen LogP contribution is 2.44. The summed E-state index contributed by atoms with van der Waals surface area (Å²) in [7, 11) is 0. The Bertz CT molecular complexity index is 1990. The number of hydrogen-bond donors (Lipinski definition) is 3. The molecule has 4 heterocycles. The number of Topliss-reactive ketones (excluding diaryl/α,β-unsaturated/α-hetero) is 1. The lowest BCUT2D eigenvalue weighted by Gasteiger charge is -2.15. The summed E-state index contributed by atoms with van der Waals surface area (Å²) >= 11 is 1.57. The van der Waals surface area contributed by atoms with Gasteiger partial charge < -0.3 is 19.6 Å². The highest BCUT2D eigenvalue weighted by atomic mass is 32.1. The fraction of sp³-hybridized carbons (Fsp3) is 0.242. The van der Waals surface area contributed by atoms with Gasteiger partial charge in [-0.15, -0.1) is 11.3 Å². The van der Waals surface area contributed by atoms with Gasteiger partial charge in [0.15, 0.2) is 5.78 Å². The van der Waals surface area contributed by atoms with Crippen LogP contribution >= 0.6 is 11.3 Å². The molecule has 214 valence electrons. The normalized spacial score (nSPS) is 11.8. The lowest BCUT2D eigenvalue weighted by molar-refractivity contribution is -0.119. The number of nitrogens with zero attached hydrogens (tertiary/aromatic N) is 2. The second-order valence-corrected chi connectivity index (χ2v) is 12.1. The van der Waals surface area contributed by atoms with Crippen LogP contribution in [0, 0.1) is 19.7 Å². The Kier molecular flexibility index (Phi) is 7.06. The number of carboxylic acids is 1. The van der Waals surface area contributed by atoms with E-state index in [0.717, 1.165) is 43.7 Å². The van der Waals surface area contributed by atoms with Gasteiger partial charge in [-0.3, -0.25) is 4.79 Å². The van der Waals surface area contributed by atoms with Crippen LogP contribution in [0.25, 0.3) is 44.2 Å². The fourth-order valence-electron chi connectivity index (χ4n) is 5.90. The zero-order valence-electron chi connectivity index (χ0n) is 23.8. The van der Waals surface area contributed by atoms with Gasteiger partial charge in [0.2, 0.25) is 0 Å². The number of aromatic carboxylic acids is 1. The average molecular weight is 583 g/mol. The molecule has 2 aromatic carbocycles. The van der Waals surface area contributed by atoms with Crippen LogP contribution in [-0.4, -0.2) is 36.4 Å². The van der Waals surface area contributed by atoms with Gasteiger partial charge in [-0.25, -0.2) is 14.2 Å². The molecular weight excluding hydrogens is 551 g/mol. The highest BCUT2D eigenvalue weighted by Gasteiger charge is 2.28. The van der Waals surface area contributed by atoms with Crippen molar-refractivity contribution in [2.45, 2.75) is 53.0 Å². The standard InChI is InChI=1S/C33H31FN4O3S/c1-17(2)29-30(32(33(40)41)37-31(29)25-13-20(34)14-26-22(25)7-9-35-26)24-11-18(3)12-27-23(24)8-10-38(27)15-21(39)5-6-28-36-19(4)16-42-28/h7-14,16-17,35,37H,5-6,15H2,1-4H3,(H,40,41). The number of carboxylic acid groups (broad SMARTS) is 1. The zero-order valence-corrected chi connectivity index (χ0v) is 24.7. The number of H-pyrrole nitrogens is 2. The topological polar surface area (TPSA) is 104 Å². The van der Waals surface area contributed by atoms with Gasteiger partial charge in [0.1, 0.15) is 11.5 Å². The number of ketones is 1. The van der Waals surface area contributed by atoms with Crippen molar-refractivity contribution < 1.29 is 19.1 Å². The van der Waals surface area contributed by atoms with Crippen LogP contribution in [0.3, 0.4) is 0 Å². The van der Waals surface area contributed by atoms with Crippen molar-refractivity contribution in [2.75, 3.05) is 0 Å². The van der Waals surface area contributed by atoms with Gasteiger partial charge in [0, 0.05) is 69.2 Å². The van der Waals surface area contributed by atoms with E-state index in [-0.39, 0.29) is 23.9 Å². The van der Waals surface area contributed by atoms with Gasteiger partial charge >= 0.3 is 5.97 Å². The molecule has 6 aromatic rings. The summed E-state index contributed by atoms with van der Waals surface area (Å²) in [6.45, 7) is 8.14. The molecule has 0 unspecified atom stereocenters. The van der Waals surface area contributed by atoms with Gasteiger partial charge in [-0.2, -0.15) is 0 Å². The summed E-state index contributed by atoms with van der Waals surface area (Å²) in [5.41, 5.74) is 6.79. The maximum atomic E-state index is 14.7. The molecule has 0 saturated heterocycles. The molecule has 6 rings (SSSR count). The van der Waals surface area contributed by atoms with E-state index in [2.05, 4.69) is 15.0 Å². The first-order chi connectivity index (χ1) is 20.1. The highest BCUT2D eigenvalue weighted by molar-refractivity contribution is 7.09. The molecule has 0 radical (unpaired) electrons. The molecule has 9 heteroatoms. The molecule has 0 aliphatic carbocycles. The summed E-state index contributed by atoms with van der Waals surface area (Å²) in [5.74, 6) is -1.48. The van der Waals surface area contributed by atoms with Crippen LogP contribution < -0.4 is 0 Å². The third-order valence-electron chi connectivity index (χ3n) is 7.67. The van der Waals surface area contributed by atoms with Crippen LogP contribution in [0.4, 0.5) is 4.39 Å². The summed E-state index contributed by atoms with van der Waals surface area (Å²) in [4.78, 5) is 36.4. The molecular formula is C33H31FN4O3S. The lowest BCUT2D eigenvalue weighted by atomic mass is 9.88. The van der Waals surface area contributed by atoms with Gasteiger partial charge in [0.25, 0.3) is 0 Å². The van der Waals surface area contributed by atoms with E-state index in [1.807, 2.05) is 68.1 Å². The lowest BCUT2D eigenvalue weighted by Crippen LogP contribution is -2.10. The molecule has 0 fully saturated rings. The van der Waals surface area contributed by atoms with Crippen LogP contribution in [0.1, 0.15) is 58.5 Å². The molecule has 0 saturated carbocycles. The minimum absolute atomic E-state index is 0.0520. The summed E-state index contributed by atoms with van der Waals surface area (Å²) in [6, 6.07) is 10.7. The second kappa shape index (κ2) is 10.7. The number of carbonyl (C=O) groups is 2. The minimum Gasteiger partial charge on any atom is -0.477 e. The van der Waals surface area contributed by atoms with E-state index in [0.29, 0.717) is 35.2 Å². The van der Waals surface area contributed by atoms with Crippen molar-refractivity contribution in [3.05, 3.63) is 87.5 Å². The van der Waals surface area contributed by atoms with Crippen molar-refractivity contribution in [1.82, 2.24) is 19.5 Å². The third-order valence-corrected chi connectivity index (χ3v) is 8.69. The number of benzene rings is 2. The fourth-order valence-corrected chi connectivity index (χ4v) is 6.67. The van der Waals surface area contributed by atoms with Crippen molar-refractivity contribution in [3.63, 3.8) is 0 Å². The quantitative estimate of drug-likeness (QED) is 0.161. The Labute approximate surface area is 246 Å². The van der Waals surface area contributed by atoms with Gasteiger partial charge in [-0.1, -0.05) is 19.9 Å². The number of aryl methyl sites for hydroxylation is 3. The number of nitrogens with one attached hydrogen (secondary N) is 2. The van der Waals surface area contributed by atoms with Gasteiger partial charge in [0.05, 0.1) is 17.2 Å². The third kappa shape index (κ3) is 4.94.